The third-order valence-corrected chi connectivity index (χ3v) is 21.5. The van der Waals surface area contributed by atoms with Crippen LogP contribution < -0.4 is 0 Å². The van der Waals surface area contributed by atoms with Crippen molar-refractivity contribution in [2.45, 2.75) is 293 Å². The lowest BCUT2D eigenvalue weighted by Gasteiger charge is -2.35. The smallest absolute Gasteiger partial charge is 0.0619 e. The summed E-state index contributed by atoms with van der Waals surface area (Å²) in [5, 5.41) is 0. The fraction of sp³-hybridized carbons (Fsp3) is 0.429. The van der Waals surface area contributed by atoms with Crippen LogP contribution in [0.2, 0.25) is 0 Å². The van der Waals surface area contributed by atoms with E-state index in [1.165, 1.54) is 111 Å². The van der Waals surface area contributed by atoms with Crippen molar-refractivity contribution in [1.29, 1.82) is 0 Å². The first kappa shape index (κ1) is 84.5. The van der Waals surface area contributed by atoms with Gasteiger partial charge in [-0.2, -0.15) is 0 Å². The van der Waals surface area contributed by atoms with Crippen molar-refractivity contribution < 1.29 is 0 Å². The molecule has 0 heteroatoms. The second-order valence-corrected chi connectivity index (χ2v) is 41.0. The predicted octanol–water partition coefficient (Wildman–Crippen LogP) is 29.7. The molecule has 0 atom stereocenters. The quantitative estimate of drug-likeness (QED) is 0.156. The highest BCUT2D eigenvalue weighted by molar-refractivity contribution is 5.86. The molecule has 105 heavy (non-hydrogen) atoms. The van der Waals surface area contributed by atoms with Crippen molar-refractivity contribution in [2.75, 3.05) is 0 Å². The topological polar surface area (TPSA) is 0 Å². The molecule has 0 N–H and O–H groups in total. The summed E-state index contributed by atoms with van der Waals surface area (Å²) >= 11 is 0. The van der Waals surface area contributed by atoms with Crippen LogP contribution in [0.4, 0.5) is 0 Å². The maximum atomic E-state index is 2.36. The van der Waals surface area contributed by atoms with Gasteiger partial charge < -0.3 is 0 Å². The Labute approximate surface area is 642 Å². The second kappa shape index (κ2) is 31.9. The van der Waals surface area contributed by atoms with Gasteiger partial charge in [-0.1, -0.05) is 464 Å². The highest BCUT2D eigenvalue weighted by Gasteiger charge is 2.46. The van der Waals surface area contributed by atoms with Crippen molar-refractivity contribution in [3.63, 3.8) is 0 Å². The Hall–Kier alpha value is -7.80. The van der Waals surface area contributed by atoms with Crippen LogP contribution in [0.3, 0.4) is 0 Å². The van der Waals surface area contributed by atoms with Gasteiger partial charge in [-0.25, -0.2) is 0 Å². The molecule has 0 saturated heterocycles. The molecule has 0 heterocycles. The van der Waals surface area contributed by atoms with Crippen molar-refractivity contribution in [1.82, 2.24) is 0 Å². The maximum Gasteiger partial charge on any atom is 0.0713 e. The molecule has 10 aromatic rings. The third kappa shape index (κ3) is 21.7. The first-order valence-corrected chi connectivity index (χ1v) is 39.2. The van der Waals surface area contributed by atoms with Crippen LogP contribution in [0.25, 0.3) is 11.1 Å². The van der Waals surface area contributed by atoms with Crippen LogP contribution in [0.15, 0.2) is 243 Å². The molecule has 11 rings (SSSR count). The molecule has 0 radical (unpaired) electrons. The summed E-state index contributed by atoms with van der Waals surface area (Å²) in [6.07, 6.45) is 1.01. The zero-order valence-corrected chi connectivity index (χ0v) is 71.8. The molecular formula is C105H138. The molecule has 0 spiro atoms. The normalized spacial score (nSPS) is 13.4. The zero-order chi connectivity index (χ0) is 78.5. The minimum absolute atomic E-state index is 0.0207. The average Bonchev–Trinajstić information content (AvgIpc) is 1.55. The molecule has 0 nitrogen and oxygen atoms in total. The Morgan fingerprint density at radius 3 is 0.590 bits per heavy atom. The Balaban J connectivity index is 0.000000191. The summed E-state index contributed by atoms with van der Waals surface area (Å²) in [5.41, 5.74) is 29.4. The van der Waals surface area contributed by atoms with Crippen LogP contribution >= 0.6 is 0 Å². The molecule has 0 fully saturated rings. The van der Waals surface area contributed by atoms with Gasteiger partial charge in [0.25, 0.3) is 0 Å². The molecule has 558 valence electrons. The third-order valence-electron chi connectivity index (χ3n) is 21.5. The lowest BCUT2D eigenvalue weighted by molar-refractivity contribution is 0.568. The summed E-state index contributed by atoms with van der Waals surface area (Å²) < 4.78 is 0. The van der Waals surface area contributed by atoms with Gasteiger partial charge in [-0.3, -0.25) is 0 Å². The molecule has 0 amide bonds. The molecule has 0 bridgehead atoms. The zero-order valence-electron chi connectivity index (χ0n) is 71.8. The highest BCUT2D eigenvalue weighted by atomic mass is 14.5. The van der Waals surface area contributed by atoms with E-state index in [9.17, 15) is 0 Å². The fourth-order valence-corrected chi connectivity index (χ4v) is 13.8. The molecule has 1 aliphatic rings. The summed E-state index contributed by atoms with van der Waals surface area (Å²) in [4.78, 5) is 0. The van der Waals surface area contributed by atoms with Crippen molar-refractivity contribution in [3.8, 4) is 11.1 Å². The van der Waals surface area contributed by atoms with E-state index >= 15 is 0 Å². The molecule has 10 aromatic carbocycles. The lowest BCUT2D eigenvalue weighted by Crippen LogP contribution is -2.29. The highest BCUT2D eigenvalue weighted by Crippen LogP contribution is 2.56. The Bertz CT molecular complexity index is 4090. The molecular weight excluding hydrogens is 1260 g/mol. The van der Waals surface area contributed by atoms with Gasteiger partial charge in [0, 0.05) is 5.41 Å². The van der Waals surface area contributed by atoms with Gasteiger partial charge in [0.1, 0.15) is 0 Å². The summed E-state index contributed by atoms with van der Waals surface area (Å²) in [7, 11) is 0. The van der Waals surface area contributed by atoms with E-state index in [2.05, 4.69) is 464 Å². The minimum Gasteiger partial charge on any atom is -0.0619 e. The van der Waals surface area contributed by atoms with E-state index in [4.69, 9.17) is 0 Å². The Morgan fingerprint density at radius 1 is 0.181 bits per heavy atom. The van der Waals surface area contributed by atoms with E-state index in [0.29, 0.717) is 0 Å². The maximum absolute atomic E-state index is 2.36. The van der Waals surface area contributed by atoms with Gasteiger partial charge >= 0.3 is 0 Å². The summed E-state index contributed by atoms with van der Waals surface area (Å²) in [6.45, 7) is 72.5. The number of rotatable bonds is 6. The van der Waals surface area contributed by atoms with Crippen LogP contribution in [0.1, 0.15) is 322 Å². The molecule has 0 aromatic heterocycles. The first-order valence-electron chi connectivity index (χ1n) is 39.2. The predicted molar refractivity (Wildman–Crippen MR) is 464 cm³/mol. The van der Waals surface area contributed by atoms with Gasteiger partial charge in [0.2, 0.25) is 0 Å². The second-order valence-electron chi connectivity index (χ2n) is 41.0. The SMILES string of the molecule is CC(C)(C)c1ccc(C(C)(C)C)cc1.CC(C)(C)c1ccc(C(C)(C)c2ccc(C(C)(C)C)cc2)cc1.CC(C)(C)c1ccc(C2(c3ccc(C(C)(C)C)cc3)c3ccccc3-c3ccccc32)cc1.CC(C)(C)c1ccc(Cc2ccc(C(C)(C)C)cc2)cc1.CC(C)(C)c1cccc(C(C)(C)C)c1. The standard InChI is InChI=1S/C33H34.C23H32.C21H28.2C14H22/c1-31(2,3)23-15-19-25(20-16-23)33(26-21-17-24(18-22-26)32(4,5)6)29-13-9-7-11-27(29)28-12-8-10-14-30(28)33;1-21(2,3)17-9-13-19(14-10-17)23(7,8)20-15-11-18(12-16-20)22(4,5)6;1-20(2,3)18-11-7-16(8-12-18)15-17-9-13-19(14-10-17)21(4,5)6;1-13(2,3)11-7-9-12(10-8-11)14(4,5)6;1-13(2,3)11-8-7-9-12(10-11)14(4,5)6/h7-22H,1-6H3;9-16H,1-8H3;7-14H,15H2,1-6H3;2*7-10H,1-6H3. The average molecular weight is 1400 g/mol. The monoisotopic (exact) mass is 1400 g/mol. The van der Waals surface area contributed by atoms with E-state index in [0.717, 1.165) is 6.42 Å². The largest absolute Gasteiger partial charge is 0.0713 e. The van der Waals surface area contributed by atoms with Gasteiger partial charge in [-0.15, -0.1) is 0 Å². The van der Waals surface area contributed by atoms with Crippen LogP contribution in [-0.2, 0) is 71.4 Å². The van der Waals surface area contributed by atoms with Crippen LogP contribution in [-0.4, -0.2) is 0 Å². The lowest BCUT2D eigenvalue weighted by atomic mass is 9.67. The fourth-order valence-electron chi connectivity index (χ4n) is 13.8. The summed E-state index contributed by atoms with van der Waals surface area (Å²) in [6, 6.07) is 90.9. The number of hydrogen-bond donors (Lipinski definition) is 0. The molecule has 1 aliphatic carbocycles. The van der Waals surface area contributed by atoms with E-state index in [-0.39, 0.29) is 65.0 Å². The van der Waals surface area contributed by atoms with Gasteiger partial charge in [0.15, 0.2) is 0 Å². The Kier molecular flexibility index (Phi) is 25.7. The van der Waals surface area contributed by atoms with Crippen molar-refractivity contribution in [3.05, 3.63) is 343 Å². The van der Waals surface area contributed by atoms with Gasteiger partial charge in [0.05, 0.1) is 5.41 Å². The van der Waals surface area contributed by atoms with Crippen molar-refractivity contribution >= 4 is 0 Å². The number of fused-ring (bicyclic) bond motifs is 3. The van der Waals surface area contributed by atoms with Crippen LogP contribution in [0.5, 0.6) is 0 Å². The number of benzene rings is 10. The van der Waals surface area contributed by atoms with E-state index in [1.807, 2.05) is 0 Å². The van der Waals surface area contributed by atoms with E-state index < -0.39 is 0 Å². The Morgan fingerprint density at radius 2 is 0.371 bits per heavy atom. The van der Waals surface area contributed by atoms with Crippen LogP contribution in [0, 0.1) is 0 Å². The molecule has 0 unspecified atom stereocenters. The molecule has 0 aliphatic heterocycles. The van der Waals surface area contributed by atoms with Crippen molar-refractivity contribution in [2.24, 2.45) is 0 Å². The number of hydrogen-bond acceptors (Lipinski definition) is 0. The van der Waals surface area contributed by atoms with Gasteiger partial charge in [-0.05, 0) is 172 Å². The van der Waals surface area contributed by atoms with E-state index in [1.54, 1.807) is 0 Å². The first-order chi connectivity index (χ1) is 48.1. The summed E-state index contributed by atoms with van der Waals surface area (Å²) in [5.74, 6) is 0. The minimum atomic E-state index is -0.319. The molecule has 0 saturated carbocycles.